The van der Waals surface area contributed by atoms with Crippen LogP contribution in [0.4, 0.5) is 0 Å². The van der Waals surface area contributed by atoms with E-state index in [1.807, 2.05) is 31.2 Å². The van der Waals surface area contributed by atoms with Crippen molar-refractivity contribution in [2.45, 2.75) is 26.7 Å². The highest BCUT2D eigenvalue weighted by atomic mass is 16.3. The highest BCUT2D eigenvalue weighted by molar-refractivity contribution is 5.99. The molecule has 0 aliphatic heterocycles. The number of aryl methyl sites for hydroxylation is 1. The molecule has 0 bridgehead atoms. The molecule has 1 aromatic heterocycles. The maximum Gasteiger partial charge on any atom is 0.162 e. The number of furan rings is 1. The van der Waals surface area contributed by atoms with Crippen LogP contribution < -0.4 is 0 Å². The predicted molar refractivity (Wildman–Crippen MR) is 60.2 cm³/mol. The summed E-state index contributed by atoms with van der Waals surface area (Å²) in [6.45, 7) is 3.93. The number of hydrogen-bond acceptors (Lipinski definition) is 2. The molecule has 1 aromatic carbocycles. The minimum atomic E-state index is 0.177. The summed E-state index contributed by atoms with van der Waals surface area (Å²) < 4.78 is 5.57. The number of Topliss-reactive ketones (excluding diaryl/α,β-unsaturated/α-hetero) is 1. The third-order valence-corrected chi connectivity index (χ3v) is 2.56. The molecule has 0 aliphatic rings. The molecule has 0 atom stereocenters. The Kier molecular flexibility index (Phi) is 2.58. The van der Waals surface area contributed by atoms with Gasteiger partial charge in [-0.2, -0.15) is 0 Å². The third-order valence-electron chi connectivity index (χ3n) is 2.56. The second kappa shape index (κ2) is 3.89. The molecule has 2 aromatic rings. The SMILES string of the molecule is CCC(=O)c1ccc2oc(CC)cc2c1. The lowest BCUT2D eigenvalue weighted by atomic mass is 10.1. The number of carbonyl (C=O) groups excluding carboxylic acids is 1. The van der Waals surface area contributed by atoms with Crippen LogP contribution in [-0.4, -0.2) is 5.78 Å². The lowest BCUT2D eigenvalue weighted by Gasteiger charge is -1.96. The summed E-state index contributed by atoms with van der Waals surface area (Å²) in [6, 6.07) is 7.61. The van der Waals surface area contributed by atoms with Gasteiger partial charge in [0.15, 0.2) is 5.78 Å². The van der Waals surface area contributed by atoms with Gasteiger partial charge < -0.3 is 4.42 Å². The lowest BCUT2D eigenvalue weighted by molar-refractivity contribution is 0.0988. The molecule has 0 saturated carbocycles. The van der Waals surface area contributed by atoms with E-state index >= 15 is 0 Å². The number of carbonyl (C=O) groups is 1. The summed E-state index contributed by atoms with van der Waals surface area (Å²) in [5.41, 5.74) is 1.63. The van der Waals surface area contributed by atoms with Gasteiger partial charge in [-0.05, 0) is 24.3 Å². The highest BCUT2D eigenvalue weighted by Crippen LogP contribution is 2.21. The first-order valence-electron chi connectivity index (χ1n) is 5.30. The fourth-order valence-electron chi connectivity index (χ4n) is 1.65. The van der Waals surface area contributed by atoms with Crippen molar-refractivity contribution in [3.63, 3.8) is 0 Å². The molecule has 0 amide bonds. The van der Waals surface area contributed by atoms with Crippen LogP contribution in [0.5, 0.6) is 0 Å². The van der Waals surface area contributed by atoms with Crippen LogP contribution >= 0.6 is 0 Å². The van der Waals surface area contributed by atoms with Gasteiger partial charge in [-0.1, -0.05) is 13.8 Å². The highest BCUT2D eigenvalue weighted by Gasteiger charge is 2.06. The van der Waals surface area contributed by atoms with Crippen molar-refractivity contribution in [3.8, 4) is 0 Å². The van der Waals surface area contributed by atoms with Gasteiger partial charge in [0.05, 0.1) is 0 Å². The maximum absolute atomic E-state index is 11.5. The van der Waals surface area contributed by atoms with E-state index in [2.05, 4.69) is 6.92 Å². The standard InChI is InChI=1S/C13H14O2/c1-3-11-8-10-7-9(12(14)4-2)5-6-13(10)15-11/h5-8H,3-4H2,1-2H3. The van der Waals surface area contributed by atoms with Gasteiger partial charge in [0.25, 0.3) is 0 Å². The van der Waals surface area contributed by atoms with Crippen molar-refractivity contribution in [1.29, 1.82) is 0 Å². The Morgan fingerprint density at radius 1 is 1.27 bits per heavy atom. The van der Waals surface area contributed by atoms with E-state index in [4.69, 9.17) is 4.42 Å². The van der Waals surface area contributed by atoms with Crippen LogP contribution in [0.25, 0.3) is 11.0 Å². The molecule has 2 rings (SSSR count). The Balaban J connectivity index is 2.50. The number of ketones is 1. The van der Waals surface area contributed by atoms with E-state index in [0.717, 1.165) is 28.7 Å². The minimum absolute atomic E-state index is 0.177. The van der Waals surface area contributed by atoms with Gasteiger partial charge >= 0.3 is 0 Å². The van der Waals surface area contributed by atoms with Gasteiger partial charge in [0, 0.05) is 23.8 Å². The molecular formula is C13H14O2. The minimum Gasteiger partial charge on any atom is -0.461 e. The molecule has 15 heavy (non-hydrogen) atoms. The first-order chi connectivity index (χ1) is 7.24. The molecule has 0 radical (unpaired) electrons. The van der Waals surface area contributed by atoms with Crippen molar-refractivity contribution < 1.29 is 9.21 Å². The smallest absolute Gasteiger partial charge is 0.162 e. The predicted octanol–water partition coefficient (Wildman–Crippen LogP) is 3.59. The van der Waals surface area contributed by atoms with Gasteiger partial charge in [0.1, 0.15) is 11.3 Å². The number of benzene rings is 1. The van der Waals surface area contributed by atoms with E-state index in [1.165, 1.54) is 0 Å². The third kappa shape index (κ3) is 1.80. The van der Waals surface area contributed by atoms with Crippen molar-refractivity contribution in [2.24, 2.45) is 0 Å². The first-order valence-corrected chi connectivity index (χ1v) is 5.30. The van der Waals surface area contributed by atoms with Crippen molar-refractivity contribution in [2.75, 3.05) is 0 Å². The zero-order valence-electron chi connectivity index (χ0n) is 9.04. The van der Waals surface area contributed by atoms with Crippen LogP contribution in [-0.2, 0) is 6.42 Å². The zero-order chi connectivity index (χ0) is 10.8. The quantitative estimate of drug-likeness (QED) is 0.712. The summed E-state index contributed by atoms with van der Waals surface area (Å²) in [5, 5.41) is 1.02. The molecule has 78 valence electrons. The molecule has 0 fully saturated rings. The molecule has 0 aliphatic carbocycles. The molecule has 2 heteroatoms. The first kappa shape index (κ1) is 9.97. The van der Waals surface area contributed by atoms with Crippen molar-refractivity contribution in [3.05, 3.63) is 35.6 Å². The van der Waals surface area contributed by atoms with Gasteiger partial charge in [-0.15, -0.1) is 0 Å². The zero-order valence-corrected chi connectivity index (χ0v) is 9.04. The van der Waals surface area contributed by atoms with Crippen LogP contribution in [0, 0.1) is 0 Å². The molecule has 0 unspecified atom stereocenters. The maximum atomic E-state index is 11.5. The van der Waals surface area contributed by atoms with Gasteiger partial charge in [0.2, 0.25) is 0 Å². The van der Waals surface area contributed by atoms with Crippen molar-refractivity contribution >= 4 is 16.8 Å². The van der Waals surface area contributed by atoms with Crippen molar-refractivity contribution in [1.82, 2.24) is 0 Å². The second-order valence-electron chi connectivity index (χ2n) is 3.60. The Hall–Kier alpha value is -1.57. The molecule has 0 spiro atoms. The summed E-state index contributed by atoms with van der Waals surface area (Å²) >= 11 is 0. The summed E-state index contributed by atoms with van der Waals surface area (Å²) in [6.07, 6.45) is 1.43. The van der Waals surface area contributed by atoms with E-state index in [0.29, 0.717) is 6.42 Å². The Morgan fingerprint density at radius 3 is 2.73 bits per heavy atom. The van der Waals surface area contributed by atoms with Crippen LogP contribution in [0.1, 0.15) is 36.4 Å². The van der Waals surface area contributed by atoms with Crippen LogP contribution in [0.15, 0.2) is 28.7 Å². The summed E-state index contributed by atoms with van der Waals surface area (Å²) in [4.78, 5) is 11.5. The second-order valence-corrected chi connectivity index (χ2v) is 3.60. The van der Waals surface area contributed by atoms with E-state index in [9.17, 15) is 4.79 Å². The van der Waals surface area contributed by atoms with E-state index < -0.39 is 0 Å². The number of hydrogen-bond donors (Lipinski definition) is 0. The van der Waals surface area contributed by atoms with Crippen LogP contribution in [0.3, 0.4) is 0 Å². The van der Waals surface area contributed by atoms with E-state index in [-0.39, 0.29) is 5.78 Å². The Labute approximate surface area is 88.9 Å². The van der Waals surface area contributed by atoms with Gasteiger partial charge in [-0.3, -0.25) is 4.79 Å². The summed E-state index contributed by atoms with van der Waals surface area (Å²) in [5.74, 6) is 1.14. The average molecular weight is 202 g/mol. The largest absolute Gasteiger partial charge is 0.461 e. The molecule has 2 nitrogen and oxygen atoms in total. The molecule has 0 N–H and O–H groups in total. The fourth-order valence-corrected chi connectivity index (χ4v) is 1.65. The molecule has 0 saturated heterocycles. The summed E-state index contributed by atoms with van der Waals surface area (Å²) in [7, 11) is 0. The average Bonchev–Trinajstić information content (AvgIpc) is 2.69. The number of fused-ring (bicyclic) bond motifs is 1. The topological polar surface area (TPSA) is 30.2 Å². The fraction of sp³-hybridized carbons (Fsp3) is 0.308. The monoisotopic (exact) mass is 202 g/mol. The Morgan fingerprint density at radius 2 is 2.07 bits per heavy atom. The molecular weight excluding hydrogens is 188 g/mol. The van der Waals surface area contributed by atoms with E-state index in [1.54, 1.807) is 0 Å². The number of rotatable bonds is 3. The lowest BCUT2D eigenvalue weighted by Crippen LogP contribution is -1.94. The molecule has 1 heterocycles. The Bertz CT molecular complexity index is 494. The van der Waals surface area contributed by atoms with Gasteiger partial charge in [-0.25, -0.2) is 0 Å². The van der Waals surface area contributed by atoms with Crippen LogP contribution in [0.2, 0.25) is 0 Å². The normalized spacial score (nSPS) is 10.8.